The number of rotatable bonds is 9. The van der Waals surface area contributed by atoms with E-state index in [0.29, 0.717) is 6.42 Å². The summed E-state index contributed by atoms with van der Waals surface area (Å²) in [6, 6.07) is 24.3. The van der Waals surface area contributed by atoms with Crippen molar-refractivity contribution >= 4 is 25.3 Å². The summed E-state index contributed by atoms with van der Waals surface area (Å²) >= 11 is 0. The van der Waals surface area contributed by atoms with Gasteiger partial charge in [-0.05, 0) is 73.0 Å². The molecule has 218 valence electrons. The number of alkyl carbamates (subject to hydrolysis) is 1. The molecule has 3 aromatic rings. The van der Waals surface area contributed by atoms with Crippen LogP contribution in [0.15, 0.2) is 78.3 Å². The summed E-state index contributed by atoms with van der Waals surface area (Å²) < 4.78 is 23.3. The Morgan fingerprint density at radius 1 is 0.881 bits per heavy atom. The number of aryl methyl sites for hydroxylation is 1. The van der Waals surface area contributed by atoms with Crippen LogP contribution in [0.5, 0.6) is 0 Å². The molecule has 1 N–H and O–H groups in total. The van der Waals surface area contributed by atoms with Gasteiger partial charge in [-0.15, -0.1) is 0 Å². The summed E-state index contributed by atoms with van der Waals surface area (Å²) in [4.78, 5) is 24.8. The van der Waals surface area contributed by atoms with Crippen LogP contribution < -0.4 is 5.32 Å². The Bertz CT molecular complexity index is 1440. The van der Waals surface area contributed by atoms with Gasteiger partial charge in [0, 0.05) is 18.9 Å². The van der Waals surface area contributed by atoms with Crippen LogP contribution in [0.25, 0.3) is 17.2 Å². The Morgan fingerprint density at radius 2 is 1.45 bits per heavy atom. The van der Waals surface area contributed by atoms with Gasteiger partial charge in [0.05, 0.1) is 18.3 Å². The highest BCUT2D eigenvalue weighted by atomic mass is 16.7. The lowest BCUT2D eigenvalue weighted by molar-refractivity contribution is -0.140. The third-order valence-electron chi connectivity index (χ3n) is 8.56. The van der Waals surface area contributed by atoms with E-state index in [0.717, 1.165) is 27.7 Å². The summed E-state index contributed by atoms with van der Waals surface area (Å²) in [5.74, 6) is -0.292. The number of benzene rings is 3. The average molecular weight is 567 g/mol. The molecule has 42 heavy (non-hydrogen) atoms. The maximum atomic E-state index is 13.0. The molecular weight excluding hydrogens is 529 g/mol. The van der Waals surface area contributed by atoms with Crippen LogP contribution in [0.1, 0.15) is 62.3 Å². The van der Waals surface area contributed by atoms with Gasteiger partial charge in [-0.25, -0.2) is 4.79 Å². The molecule has 0 saturated carbocycles. The van der Waals surface area contributed by atoms with Crippen molar-refractivity contribution in [1.29, 1.82) is 0 Å². The number of esters is 1. The first kappa shape index (κ1) is 29.6. The van der Waals surface area contributed by atoms with Gasteiger partial charge >= 0.3 is 19.2 Å². The van der Waals surface area contributed by atoms with Crippen LogP contribution in [0, 0.1) is 0 Å². The Hall–Kier alpha value is -3.88. The Balaban J connectivity index is 1.32. The summed E-state index contributed by atoms with van der Waals surface area (Å²) in [5.41, 5.74) is 6.22. The van der Waals surface area contributed by atoms with E-state index in [1.165, 1.54) is 18.2 Å². The fourth-order valence-corrected chi connectivity index (χ4v) is 5.46. The molecular formula is C34H38BNO6. The molecule has 1 heterocycles. The van der Waals surface area contributed by atoms with Crippen LogP contribution >= 0.6 is 0 Å². The number of hydrogen-bond donors (Lipinski definition) is 1. The summed E-state index contributed by atoms with van der Waals surface area (Å²) in [7, 11) is 0.719. The minimum atomic E-state index is -0.669. The van der Waals surface area contributed by atoms with Crippen molar-refractivity contribution in [2.45, 2.75) is 57.7 Å². The first-order valence-electron chi connectivity index (χ1n) is 14.4. The minimum Gasteiger partial charge on any atom is -0.469 e. The van der Waals surface area contributed by atoms with E-state index in [9.17, 15) is 9.59 Å². The predicted molar refractivity (Wildman–Crippen MR) is 164 cm³/mol. The fourth-order valence-electron chi connectivity index (χ4n) is 5.46. The van der Waals surface area contributed by atoms with E-state index in [2.05, 4.69) is 29.6 Å². The van der Waals surface area contributed by atoms with Crippen molar-refractivity contribution in [3.63, 3.8) is 0 Å². The molecule has 0 atom stereocenters. The van der Waals surface area contributed by atoms with Crippen molar-refractivity contribution < 1.29 is 28.4 Å². The number of hydrogen-bond acceptors (Lipinski definition) is 6. The molecule has 0 unspecified atom stereocenters. The Labute approximate surface area is 248 Å². The van der Waals surface area contributed by atoms with Gasteiger partial charge in [0.15, 0.2) is 0 Å². The number of ether oxygens (including phenoxy) is 2. The van der Waals surface area contributed by atoms with Crippen molar-refractivity contribution in [3.8, 4) is 11.1 Å². The van der Waals surface area contributed by atoms with Crippen LogP contribution in [-0.4, -0.2) is 50.6 Å². The molecule has 0 spiro atoms. The number of carbonyl (C=O) groups excluding carboxylic acids is 2. The zero-order valence-corrected chi connectivity index (χ0v) is 24.9. The number of nitrogens with one attached hydrogen (secondary N) is 1. The highest BCUT2D eigenvalue weighted by Crippen LogP contribution is 2.44. The third kappa shape index (κ3) is 6.15. The van der Waals surface area contributed by atoms with Gasteiger partial charge in [0.2, 0.25) is 0 Å². The lowest BCUT2D eigenvalue weighted by Gasteiger charge is -2.32. The number of carbonyl (C=O) groups is 2. The van der Waals surface area contributed by atoms with E-state index in [1.54, 1.807) is 0 Å². The second-order valence-corrected chi connectivity index (χ2v) is 11.8. The molecule has 8 heteroatoms. The molecule has 2 aliphatic rings. The van der Waals surface area contributed by atoms with Gasteiger partial charge in [0.1, 0.15) is 6.61 Å². The SMILES string of the molecule is COC(=O)CCc1ccccc1C=C(CNC(=O)OCC1c2ccccc2-c2ccccc21)B1OC(C)(C)C(C)(C)O1. The zero-order valence-electron chi connectivity index (χ0n) is 24.9. The smallest absolute Gasteiger partial charge is 0.469 e. The van der Waals surface area contributed by atoms with Crippen LogP contribution in [-0.2, 0) is 30.0 Å². The Morgan fingerprint density at radius 3 is 2.07 bits per heavy atom. The van der Waals surface area contributed by atoms with Gasteiger partial charge < -0.3 is 24.1 Å². The lowest BCUT2D eigenvalue weighted by Crippen LogP contribution is -2.41. The zero-order chi connectivity index (χ0) is 29.9. The van der Waals surface area contributed by atoms with Crippen LogP contribution in [0.3, 0.4) is 0 Å². The summed E-state index contributed by atoms with van der Waals surface area (Å²) in [5, 5.41) is 2.92. The van der Waals surface area contributed by atoms with Gasteiger partial charge in [0.25, 0.3) is 0 Å². The molecule has 1 fully saturated rings. The Kier molecular flexibility index (Phi) is 8.57. The van der Waals surface area contributed by atoms with Crippen LogP contribution in [0.2, 0.25) is 0 Å². The van der Waals surface area contributed by atoms with E-state index >= 15 is 0 Å². The first-order valence-corrected chi connectivity index (χ1v) is 14.4. The monoisotopic (exact) mass is 567 g/mol. The lowest BCUT2D eigenvalue weighted by atomic mass is 9.76. The normalized spacial score (nSPS) is 17.0. The second-order valence-electron chi connectivity index (χ2n) is 11.8. The number of methoxy groups -OCH3 is 1. The van der Waals surface area contributed by atoms with E-state index in [4.69, 9.17) is 18.8 Å². The van der Waals surface area contributed by atoms with Crippen molar-refractivity contribution in [1.82, 2.24) is 5.32 Å². The average Bonchev–Trinajstić information content (AvgIpc) is 3.41. The topological polar surface area (TPSA) is 83.1 Å². The molecule has 0 radical (unpaired) electrons. The van der Waals surface area contributed by atoms with Crippen molar-refractivity contribution in [2.75, 3.05) is 20.3 Å². The summed E-state index contributed by atoms with van der Waals surface area (Å²) in [6.45, 7) is 8.37. The highest BCUT2D eigenvalue weighted by molar-refractivity contribution is 6.56. The highest BCUT2D eigenvalue weighted by Gasteiger charge is 2.52. The van der Waals surface area contributed by atoms with Crippen molar-refractivity contribution in [2.24, 2.45) is 0 Å². The van der Waals surface area contributed by atoms with Gasteiger partial charge in [-0.1, -0.05) is 78.9 Å². The largest absolute Gasteiger partial charge is 0.492 e. The third-order valence-corrected chi connectivity index (χ3v) is 8.56. The minimum absolute atomic E-state index is 0.0250. The van der Waals surface area contributed by atoms with Gasteiger partial charge in [-0.3, -0.25) is 4.79 Å². The van der Waals surface area contributed by atoms with E-state index in [1.807, 2.05) is 82.3 Å². The molecule has 5 rings (SSSR count). The number of amides is 1. The molecule has 3 aromatic carbocycles. The van der Waals surface area contributed by atoms with Gasteiger partial charge in [-0.2, -0.15) is 0 Å². The standard InChI is InChI=1S/C34H38BNO6/c1-33(2)34(3,4)42-35(41-33)25(20-24-13-7-6-12-23(24)18-19-31(37)39-5)21-36-32(38)40-22-30-28-16-10-8-14-26(28)27-15-9-11-17-29(27)30/h6-17,20,30H,18-19,21-22H2,1-5H3,(H,36,38). The molecule has 1 aliphatic heterocycles. The molecule has 1 amide bonds. The van der Waals surface area contributed by atoms with E-state index in [-0.39, 0.29) is 31.5 Å². The molecule has 1 saturated heterocycles. The number of fused-ring (bicyclic) bond motifs is 3. The van der Waals surface area contributed by atoms with Crippen molar-refractivity contribution in [3.05, 3.63) is 101 Å². The fraction of sp³-hybridized carbons (Fsp3) is 0.353. The maximum absolute atomic E-state index is 13.0. The molecule has 1 aliphatic carbocycles. The van der Waals surface area contributed by atoms with Crippen LogP contribution in [0.4, 0.5) is 4.79 Å². The molecule has 0 aromatic heterocycles. The molecule has 0 bridgehead atoms. The van der Waals surface area contributed by atoms with E-state index < -0.39 is 24.4 Å². The quantitative estimate of drug-likeness (QED) is 0.240. The summed E-state index contributed by atoms with van der Waals surface area (Å²) in [6.07, 6.45) is 2.25. The second kappa shape index (κ2) is 12.2. The molecule has 7 nitrogen and oxygen atoms in total. The predicted octanol–water partition coefficient (Wildman–Crippen LogP) is 6.35. The first-order chi connectivity index (χ1) is 20.1. The maximum Gasteiger partial charge on any atom is 0.492 e.